The van der Waals surface area contributed by atoms with E-state index in [1.807, 2.05) is 35.4 Å². The first-order valence-corrected chi connectivity index (χ1v) is 8.90. The van der Waals surface area contributed by atoms with Crippen molar-refractivity contribution in [1.29, 1.82) is 0 Å². The number of hydrogen-bond donors (Lipinski definition) is 3. The van der Waals surface area contributed by atoms with E-state index in [0.29, 0.717) is 13.1 Å². The third-order valence-corrected chi connectivity index (χ3v) is 4.93. The number of hydrogen-bond acceptors (Lipinski definition) is 3. The highest BCUT2D eigenvalue weighted by Crippen LogP contribution is 2.24. The summed E-state index contributed by atoms with van der Waals surface area (Å²) in [6.07, 6.45) is 5.64. The lowest BCUT2D eigenvalue weighted by Gasteiger charge is -2.31. The number of carbonyl (C=O) groups excluding carboxylic acids is 1. The number of imidazole rings is 1. The maximum absolute atomic E-state index is 12.6. The second kappa shape index (κ2) is 7.11. The molecule has 2 aromatic heterocycles. The first-order chi connectivity index (χ1) is 12.7. The monoisotopic (exact) mass is 353 g/mol. The highest BCUT2D eigenvalue weighted by atomic mass is 16.5. The zero-order valence-electron chi connectivity index (χ0n) is 14.8. The first kappa shape index (κ1) is 16.5. The summed E-state index contributed by atoms with van der Waals surface area (Å²) in [5, 5.41) is 4.09. The number of nitrogens with zero attached hydrogens (tertiary/aromatic N) is 2. The summed E-state index contributed by atoms with van der Waals surface area (Å²) in [4.78, 5) is 25.3. The minimum Gasteiger partial charge on any atom is -0.497 e. The fourth-order valence-corrected chi connectivity index (χ4v) is 3.56. The lowest BCUT2D eigenvalue weighted by molar-refractivity contribution is 0.178. The Kier molecular flexibility index (Phi) is 4.51. The quantitative estimate of drug-likeness (QED) is 0.674. The summed E-state index contributed by atoms with van der Waals surface area (Å²) in [6.45, 7) is 1.95. The summed E-state index contributed by atoms with van der Waals surface area (Å²) in [5.74, 6) is 2.07. The Balaban J connectivity index is 1.37. The van der Waals surface area contributed by atoms with E-state index in [1.54, 1.807) is 13.3 Å². The predicted octanol–water partition coefficient (Wildman–Crippen LogP) is 2.99. The SMILES string of the molecule is COc1ccc2[nH]c(CNC(=O)N3CCC[C@H](c4ncc[nH]4)C3)cc2c1. The molecule has 0 saturated carbocycles. The van der Waals surface area contributed by atoms with E-state index >= 15 is 0 Å². The number of likely N-dealkylation sites (tertiary alicyclic amines) is 1. The number of rotatable bonds is 4. The summed E-state index contributed by atoms with van der Waals surface area (Å²) in [7, 11) is 1.66. The Labute approximate surface area is 151 Å². The molecule has 2 amide bonds. The first-order valence-electron chi connectivity index (χ1n) is 8.90. The fraction of sp³-hybridized carbons (Fsp3) is 0.368. The maximum atomic E-state index is 12.6. The number of aromatic nitrogens is 3. The van der Waals surface area contributed by atoms with Gasteiger partial charge in [0.05, 0.1) is 13.7 Å². The lowest BCUT2D eigenvalue weighted by atomic mass is 9.98. The minimum absolute atomic E-state index is 0.0301. The molecular formula is C19H23N5O2. The Morgan fingerprint density at radius 3 is 3.15 bits per heavy atom. The van der Waals surface area contributed by atoms with Gasteiger partial charge in [0.1, 0.15) is 11.6 Å². The molecule has 0 radical (unpaired) electrons. The minimum atomic E-state index is -0.0301. The molecule has 1 aliphatic heterocycles. The van der Waals surface area contributed by atoms with E-state index in [9.17, 15) is 4.79 Å². The second-order valence-corrected chi connectivity index (χ2v) is 6.67. The average Bonchev–Trinajstić information content (AvgIpc) is 3.35. The van der Waals surface area contributed by atoms with E-state index in [2.05, 4.69) is 20.3 Å². The normalized spacial score (nSPS) is 17.4. The van der Waals surface area contributed by atoms with Crippen molar-refractivity contribution in [2.45, 2.75) is 25.3 Å². The number of urea groups is 1. The molecule has 3 aromatic rings. The molecule has 3 N–H and O–H groups in total. The Bertz CT molecular complexity index is 887. The van der Waals surface area contributed by atoms with Crippen LogP contribution in [0.1, 0.15) is 30.3 Å². The van der Waals surface area contributed by atoms with Gasteiger partial charge in [-0.2, -0.15) is 0 Å². The van der Waals surface area contributed by atoms with Gasteiger partial charge in [0.2, 0.25) is 0 Å². The van der Waals surface area contributed by atoms with Gasteiger partial charge in [0.15, 0.2) is 0 Å². The van der Waals surface area contributed by atoms with Gasteiger partial charge in [-0.15, -0.1) is 0 Å². The van der Waals surface area contributed by atoms with Crippen LogP contribution >= 0.6 is 0 Å². The molecule has 4 rings (SSSR count). The molecule has 136 valence electrons. The van der Waals surface area contributed by atoms with Gasteiger partial charge in [-0.3, -0.25) is 0 Å². The molecule has 7 heteroatoms. The van der Waals surface area contributed by atoms with Crippen LogP contribution in [-0.4, -0.2) is 46.1 Å². The van der Waals surface area contributed by atoms with Crippen LogP contribution in [0.5, 0.6) is 5.75 Å². The van der Waals surface area contributed by atoms with Crippen molar-refractivity contribution in [2.24, 2.45) is 0 Å². The molecule has 1 aromatic carbocycles. The van der Waals surface area contributed by atoms with Gasteiger partial charge in [-0.1, -0.05) is 0 Å². The standard InChI is InChI=1S/C19H23N5O2/c1-26-16-4-5-17-14(10-16)9-15(23-17)11-22-19(25)24-8-2-3-13(12-24)18-20-6-7-21-18/h4-7,9-10,13,23H,2-3,8,11-12H2,1H3,(H,20,21)(H,22,25)/t13-/m0/s1. The summed E-state index contributed by atoms with van der Waals surface area (Å²) < 4.78 is 5.25. The summed E-state index contributed by atoms with van der Waals surface area (Å²) in [5.41, 5.74) is 2.01. The molecule has 1 saturated heterocycles. The van der Waals surface area contributed by atoms with Gasteiger partial charge >= 0.3 is 6.03 Å². The highest BCUT2D eigenvalue weighted by Gasteiger charge is 2.26. The van der Waals surface area contributed by atoms with Gasteiger partial charge in [-0.25, -0.2) is 9.78 Å². The molecule has 0 aliphatic carbocycles. The Morgan fingerprint density at radius 2 is 2.35 bits per heavy atom. The number of aromatic amines is 2. The number of H-pyrrole nitrogens is 2. The molecule has 0 spiro atoms. The van der Waals surface area contributed by atoms with Gasteiger partial charge < -0.3 is 24.9 Å². The second-order valence-electron chi connectivity index (χ2n) is 6.67. The van der Waals surface area contributed by atoms with Crippen molar-refractivity contribution >= 4 is 16.9 Å². The van der Waals surface area contributed by atoms with E-state index in [4.69, 9.17) is 4.74 Å². The van der Waals surface area contributed by atoms with Crippen molar-refractivity contribution in [1.82, 2.24) is 25.2 Å². The third kappa shape index (κ3) is 3.37. The van der Waals surface area contributed by atoms with Crippen LogP contribution in [0, 0.1) is 0 Å². The van der Waals surface area contributed by atoms with Gasteiger partial charge in [0, 0.05) is 48.0 Å². The van der Waals surface area contributed by atoms with Gasteiger partial charge in [0.25, 0.3) is 0 Å². The van der Waals surface area contributed by atoms with E-state index in [1.165, 1.54) is 0 Å². The fourth-order valence-electron chi connectivity index (χ4n) is 3.56. The molecule has 1 atom stereocenters. The van der Waals surface area contributed by atoms with Crippen molar-refractivity contribution in [2.75, 3.05) is 20.2 Å². The van der Waals surface area contributed by atoms with Crippen LogP contribution in [0.4, 0.5) is 4.79 Å². The molecule has 0 bridgehead atoms. The number of methoxy groups -OCH3 is 1. The number of carbonyl (C=O) groups is 1. The van der Waals surface area contributed by atoms with Gasteiger partial charge in [-0.05, 0) is 37.1 Å². The van der Waals surface area contributed by atoms with Crippen molar-refractivity contribution < 1.29 is 9.53 Å². The number of piperidine rings is 1. The van der Waals surface area contributed by atoms with Crippen LogP contribution < -0.4 is 10.1 Å². The van der Waals surface area contributed by atoms with Crippen LogP contribution in [0.3, 0.4) is 0 Å². The number of nitrogens with one attached hydrogen (secondary N) is 3. The van der Waals surface area contributed by atoms with Crippen molar-refractivity contribution in [3.63, 3.8) is 0 Å². The zero-order valence-corrected chi connectivity index (χ0v) is 14.8. The van der Waals surface area contributed by atoms with Crippen LogP contribution in [0.2, 0.25) is 0 Å². The van der Waals surface area contributed by atoms with Crippen LogP contribution in [0.15, 0.2) is 36.7 Å². The molecule has 1 aliphatic rings. The van der Waals surface area contributed by atoms with Crippen molar-refractivity contribution in [3.8, 4) is 5.75 Å². The van der Waals surface area contributed by atoms with E-state index in [0.717, 1.165) is 47.6 Å². The largest absolute Gasteiger partial charge is 0.497 e. The van der Waals surface area contributed by atoms with Crippen molar-refractivity contribution in [3.05, 3.63) is 48.2 Å². The topological polar surface area (TPSA) is 86.0 Å². The average molecular weight is 353 g/mol. The number of ether oxygens (including phenoxy) is 1. The third-order valence-electron chi connectivity index (χ3n) is 4.93. The summed E-state index contributed by atoms with van der Waals surface area (Å²) >= 11 is 0. The smallest absolute Gasteiger partial charge is 0.317 e. The van der Waals surface area contributed by atoms with E-state index < -0.39 is 0 Å². The summed E-state index contributed by atoms with van der Waals surface area (Å²) in [6, 6.07) is 7.90. The predicted molar refractivity (Wildman–Crippen MR) is 99.2 cm³/mol. The maximum Gasteiger partial charge on any atom is 0.317 e. The Morgan fingerprint density at radius 1 is 1.42 bits per heavy atom. The molecule has 7 nitrogen and oxygen atoms in total. The Hall–Kier alpha value is -2.96. The molecule has 1 fully saturated rings. The highest BCUT2D eigenvalue weighted by molar-refractivity contribution is 5.82. The number of fused-ring (bicyclic) bond motifs is 1. The van der Waals surface area contributed by atoms with E-state index in [-0.39, 0.29) is 11.9 Å². The molecule has 3 heterocycles. The molecular weight excluding hydrogens is 330 g/mol. The number of benzene rings is 1. The number of amides is 2. The molecule has 0 unspecified atom stereocenters. The lowest BCUT2D eigenvalue weighted by Crippen LogP contribution is -2.44. The zero-order chi connectivity index (χ0) is 17.9. The van der Waals surface area contributed by atoms with Crippen LogP contribution in [-0.2, 0) is 6.54 Å². The molecule has 26 heavy (non-hydrogen) atoms. The van der Waals surface area contributed by atoms with Crippen LogP contribution in [0.25, 0.3) is 10.9 Å².